The molecule has 1 amide bonds. The number of hydrazone groups is 1. The molecule has 0 fully saturated rings. The van der Waals surface area contributed by atoms with Crippen LogP contribution in [0, 0.1) is 16.7 Å². The summed E-state index contributed by atoms with van der Waals surface area (Å²) < 4.78 is 5.35. The van der Waals surface area contributed by atoms with Crippen molar-refractivity contribution < 1.29 is 9.53 Å². The molecule has 1 aromatic rings. The number of hydrogen-bond donors (Lipinski definition) is 4. The first-order valence-electron chi connectivity index (χ1n) is 6.10. The molecule has 0 aromatic heterocycles. The summed E-state index contributed by atoms with van der Waals surface area (Å²) >= 11 is 0. The van der Waals surface area contributed by atoms with E-state index in [0.717, 1.165) is 0 Å². The molecule has 8 heteroatoms. The number of ether oxygens (including phenoxy) is 1. The van der Waals surface area contributed by atoms with Crippen molar-refractivity contribution in [2.24, 2.45) is 10.8 Å². The van der Waals surface area contributed by atoms with Crippen molar-refractivity contribution in [1.29, 1.82) is 10.7 Å². The molecule has 5 N–H and O–H groups in total. The third kappa shape index (κ3) is 4.83. The fourth-order valence-corrected chi connectivity index (χ4v) is 1.43. The van der Waals surface area contributed by atoms with Crippen molar-refractivity contribution >= 4 is 28.8 Å². The lowest BCUT2D eigenvalue weighted by atomic mass is 10.2. The van der Waals surface area contributed by atoms with E-state index in [1.54, 1.807) is 24.3 Å². The second-order valence-electron chi connectivity index (χ2n) is 3.92. The minimum atomic E-state index is -0.452. The fraction of sp³-hybridized carbons (Fsp3) is 0.231. The van der Waals surface area contributed by atoms with E-state index in [4.69, 9.17) is 21.1 Å². The number of rotatable bonds is 6. The summed E-state index contributed by atoms with van der Waals surface area (Å²) in [5, 5.41) is 22.3. The Morgan fingerprint density at radius 1 is 1.52 bits per heavy atom. The van der Waals surface area contributed by atoms with Gasteiger partial charge in [0.05, 0.1) is 18.0 Å². The molecule has 110 valence electrons. The maximum absolute atomic E-state index is 11.2. The van der Waals surface area contributed by atoms with Crippen LogP contribution in [0.2, 0.25) is 0 Å². The monoisotopic (exact) mass is 288 g/mol. The van der Waals surface area contributed by atoms with E-state index in [1.165, 1.54) is 6.92 Å². The summed E-state index contributed by atoms with van der Waals surface area (Å²) in [6.07, 6.45) is 0. The SMILES string of the molecule is CCOc1ccc(NC(C)=O)c(N/N=C(\C#N)C(=N)N)c1. The Hall–Kier alpha value is -3.08. The molecule has 0 saturated carbocycles. The molecule has 0 aliphatic carbocycles. The van der Waals surface area contributed by atoms with Crippen LogP contribution in [0.4, 0.5) is 11.4 Å². The summed E-state index contributed by atoms with van der Waals surface area (Å²) in [4.78, 5) is 11.2. The Balaban J connectivity index is 3.11. The average molecular weight is 288 g/mol. The van der Waals surface area contributed by atoms with Gasteiger partial charge in [-0.2, -0.15) is 10.4 Å². The van der Waals surface area contributed by atoms with Crippen LogP contribution in [0.1, 0.15) is 13.8 Å². The molecule has 0 atom stereocenters. The van der Waals surface area contributed by atoms with Crippen molar-refractivity contribution in [3.8, 4) is 11.8 Å². The molecule has 21 heavy (non-hydrogen) atoms. The van der Waals surface area contributed by atoms with Crippen LogP contribution >= 0.6 is 0 Å². The zero-order valence-corrected chi connectivity index (χ0v) is 11.7. The maximum atomic E-state index is 11.2. The van der Waals surface area contributed by atoms with Crippen LogP contribution in [0.3, 0.4) is 0 Å². The molecule has 0 heterocycles. The molecule has 1 rings (SSSR count). The van der Waals surface area contributed by atoms with Gasteiger partial charge in [0.1, 0.15) is 11.8 Å². The minimum absolute atomic E-state index is 0.252. The lowest BCUT2D eigenvalue weighted by Gasteiger charge is -2.12. The second-order valence-corrected chi connectivity index (χ2v) is 3.92. The molecule has 0 radical (unpaired) electrons. The first-order valence-corrected chi connectivity index (χ1v) is 6.10. The number of carbonyl (C=O) groups is 1. The second kappa shape index (κ2) is 7.49. The Morgan fingerprint density at radius 2 is 2.24 bits per heavy atom. The van der Waals surface area contributed by atoms with Gasteiger partial charge in [-0.25, -0.2) is 0 Å². The molecular weight excluding hydrogens is 272 g/mol. The molecule has 0 spiro atoms. The molecule has 0 aliphatic rings. The molecule has 1 aromatic carbocycles. The number of hydrogen-bond acceptors (Lipinski definition) is 6. The van der Waals surface area contributed by atoms with Crippen LogP contribution in [-0.4, -0.2) is 24.1 Å². The van der Waals surface area contributed by atoms with E-state index in [1.807, 2.05) is 6.92 Å². The van der Waals surface area contributed by atoms with Gasteiger partial charge in [-0.05, 0) is 19.1 Å². The Bertz CT molecular complexity index is 618. The van der Waals surface area contributed by atoms with Gasteiger partial charge in [0, 0.05) is 13.0 Å². The van der Waals surface area contributed by atoms with Gasteiger partial charge in [-0.3, -0.25) is 15.6 Å². The standard InChI is InChI=1S/C13H16N6O2/c1-3-21-9-4-5-10(17-8(2)20)11(6-9)18-19-12(7-14)13(15)16/h4-6,18H,3H2,1-2H3,(H3,15,16)(H,17,20)/b19-12+. The van der Waals surface area contributed by atoms with Crippen molar-refractivity contribution in [3.05, 3.63) is 18.2 Å². The van der Waals surface area contributed by atoms with Crippen molar-refractivity contribution in [2.45, 2.75) is 13.8 Å². The van der Waals surface area contributed by atoms with Gasteiger partial charge in [-0.1, -0.05) is 0 Å². The third-order valence-electron chi connectivity index (χ3n) is 2.26. The van der Waals surface area contributed by atoms with Crippen molar-refractivity contribution in [2.75, 3.05) is 17.3 Å². The number of benzene rings is 1. The van der Waals surface area contributed by atoms with E-state index >= 15 is 0 Å². The van der Waals surface area contributed by atoms with Gasteiger partial charge in [-0.15, -0.1) is 0 Å². The van der Waals surface area contributed by atoms with E-state index in [-0.39, 0.29) is 11.6 Å². The summed E-state index contributed by atoms with van der Waals surface area (Å²) in [5.74, 6) is -0.129. The number of amidine groups is 1. The number of nitrogens with two attached hydrogens (primary N) is 1. The van der Waals surface area contributed by atoms with E-state index in [0.29, 0.717) is 23.7 Å². The molecule has 0 bridgehead atoms. The number of amides is 1. The van der Waals surface area contributed by atoms with Gasteiger partial charge >= 0.3 is 0 Å². The zero-order valence-electron chi connectivity index (χ0n) is 11.7. The van der Waals surface area contributed by atoms with E-state index in [9.17, 15) is 4.79 Å². The minimum Gasteiger partial charge on any atom is -0.494 e. The predicted octanol–water partition coefficient (Wildman–Crippen LogP) is 1.27. The largest absolute Gasteiger partial charge is 0.494 e. The number of nitriles is 1. The molecule has 0 unspecified atom stereocenters. The zero-order chi connectivity index (χ0) is 15.8. The summed E-state index contributed by atoms with van der Waals surface area (Å²) in [7, 11) is 0. The Kier molecular flexibility index (Phi) is 5.70. The van der Waals surface area contributed by atoms with Crippen LogP contribution in [0.15, 0.2) is 23.3 Å². The molecule has 0 aliphatic heterocycles. The number of nitrogens with zero attached hydrogens (tertiary/aromatic N) is 2. The van der Waals surface area contributed by atoms with Crippen molar-refractivity contribution in [3.63, 3.8) is 0 Å². The topological polar surface area (TPSA) is 136 Å². The smallest absolute Gasteiger partial charge is 0.221 e. The lowest BCUT2D eigenvalue weighted by molar-refractivity contribution is -0.114. The maximum Gasteiger partial charge on any atom is 0.221 e. The highest BCUT2D eigenvalue weighted by Gasteiger charge is 2.07. The van der Waals surface area contributed by atoms with Gasteiger partial charge in [0.15, 0.2) is 5.84 Å². The highest BCUT2D eigenvalue weighted by molar-refractivity contribution is 6.45. The summed E-state index contributed by atoms with van der Waals surface area (Å²) in [6, 6.07) is 6.65. The average Bonchev–Trinajstić information content (AvgIpc) is 2.41. The molecular formula is C13H16N6O2. The quantitative estimate of drug-likeness (QED) is 0.355. The van der Waals surface area contributed by atoms with E-state index in [2.05, 4.69) is 15.8 Å². The number of anilines is 2. The fourth-order valence-electron chi connectivity index (χ4n) is 1.43. The van der Waals surface area contributed by atoms with Crippen LogP contribution in [0.5, 0.6) is 5.75 Å². The molecule has 8 nitrogen and oxygen atoms in total. The third-order valence-corrected chi connectivity index (χ3v) is 2.26. The van der Waals surface area contributed by atoms with Gasteiger partial charge in [0.2, 0.25) is 11.6 Å². The predicted molar refractivity (Wildman–Crippen MR) is 80.5 cm³/mol. The Labute approximate surface area is 122 Å². The van der Waals surface area contributed by atoms with Gasteiger partial charge < -0.3 is 15.8 Å². The normalized spacial score (nSPS) is 10.4. The van der Waals surface area contributed by atoms with E-state index < -0.39 is 5.84 Å². The van der Waals surface area contributed by atoms with Crippen molar-refractivity contribution in [1.82, 2.24) is 0 Å². The van der Waals surface area contributed by atoms with Crippen LogP contribution < -0.4 is 21.2 Å². The first kappa shape index (κ1) is 16.0. The summed E-state index contributed by atoms with van der Waals surface area (Å²) in [6.45, 7) is 3.70. The summed E-state index contributed by atoms with van der Waals surface area (Å²) in [5.41, 5.74) is 8.43. The highest BCUT2D eigenvalue weighted by atomic mass is 16.5. The number of nitrogens with one attached hydrogen (secondary N) is 3. The van der Waals surface area contributed by atoms with Crippen LogP contribution in [-0.2, 0) is 4.79 Å². The van der Waals surface area contributed by atoms with Gasteiger partial charge in [0.25, 0.3) is 0 Å². The molecule has 0 saturated heterocycles. The van der Waals surface area contributed by atoms with Crippen LogP contribution in [0.25, 0.3) is 0 Å². The Morgan fingerprint density at radius 3 is 2.76 bits per heavy atom. The number of carbonyl (C=O) groups excluding carboxylic acids is 1. The first-order chi connectivity index (χ1) is 9.97. The highest BCUT2D eigenvalue weighted by Crippen LogP contribution is 2.27. The lowest BCUT2D eigenvalue weighted by Crippen LogP contribution is -2.22.